The zero-order chi connectivity index (χ0) is 25.1. The molecule has 0 radical (unpaired) electrons. The number of hydrogen-bond acceptors (Lipinski definition) is 5. The number of methoxy groups -OCH3 is 1. The lowest BCUT2D eigenvalue weighted by atomic mass is 9.97. The minimum atomic E-state index is -4.55. The predicted molar refractivity (Wildman–Crippen MR) is 117 cm³/mol. The highest BCUT2D eigenvalue weighted by molar-refractivity contribution is 7.89. The summed E-state index contributed by atoms with van der Waals surface area (Å²) in [5.41, 5.74) is -0.911. The van der Waals surface area contributed by atoms with Crippen molar-refractivity contribution >= 4 is 22.0 Å². The smallest absolute Gasteiger partial charge is 0.416 e. The molecule has 1 heterocycles. The number of benzene rings is 1. The summed E-state index contributed by atoms with van der Waals surface area (Å²) in [7, 11) is -2.74. The van der Waals surface area contributed by atoms with Gasteiger partial charge in [0.25, 0.3) is 0 Å². The molecular formula is C22H30F3N3O5S. The number of fused-ring (bicyclic) bond motifs is 1. The van der Waals surface area contributed by atoms with Crippen molar-refractivity contribution in [3.8, 4) is 0 Å². The Balaban J connectivity index is 1.67. The Morgan fingerprint density at radius 1 is 1.18 bits per heavy atom. The Bertz CT molecular complexity index is 984. The van der Waals surface area contributed by atoms with Crippen LogP contribution in [0, 0.1) is 11.8 Å². The van der Waals surface area contributed by atoms with E-state index in [1.807, 2.05) is 6.92 Å². The van der Waals surface area contributed by atoms with E-state index in [4.69, 9.17) is 0 Å². The molecule has 1 saturated heterocycles. The molecule has 1 aromatic rings. The summed E-state index contributed by atoms with van der Waals surface area (Å²) in [6, 6.07) is 2.47. The van der Waals surface area contributed by atoms with Gasteiger partial charge in [0, 0.05) is 19.1 Å². The average molecular weight is 506 g/mol. The van der Waals surface area contributed by atoms with Crippen molar-refractivity contribution in [1.82, 2.24) is 14.9 Å². The van der Waals surface area contributed by atoms with Gasteiger partial charge in [0.1, 0.15) is 6.04 Å². The SMILES string of the molecule is CCCC[C@H](NC(=O)OC)C(=O)N[C@H]1CC[C@@H]2CN(S(=O)(=O)c3ccc(C(F)(F)F)cc3)C[C@@H]21. The molecule has 4 atom stereocenters. The second-order valence-corrected chi connectivity index (χ2v) is 10.7. The number of nitrogens with zero attached hydrogens (tertiary/aromatic N) is 1. The van der Waals surface area contributed by atoms with Crippen molar-refractivity contribution in [2.45, 2.75) is 62.2 Å². The molecular weight excluding hydrogens is 475 g/mol. The number of alkyl carbamates (subject to hydrolysis) is 1. The molecule has 1 saturated carbocycles. The standard InChI is InChI=1S/C22H30F3N3O5S/c1-3-4-5-19(27-21(30)33-2)20(29)26-18-11-6-14-12-28(13-17(14)18)34(31,32)16-9-7-15(8-10-16)22(23,24)25/h7-10,14,17-19H,3-6,11-13H2,1-2H3,(H,26,29)(H,27,30)/t14-,17+,18+,19+/m1/s1. The van der Waals surface area contributed by atoms with E-state index in [0.29, 0.717) is 12.8 Å². The van der Waals surface area contributed by atoms with Crippen LogP contribution in [-0.4, -0.2) is 57.0 Å². The van der Waals surface area contributed by atoms with Crippen LogP contribution < -0.4 is 10.6 Å². The number of ether oxygens (including phenoxy) is 1. The van der Waals surface area contributed by atoms with Gasteiger partial charge in [0.2, 0.25) is 15.9 Å². The second kappa shape index (κ2) is 10.5. The van der Waals surface area contributed by atoms with E-state index in [0.717, 1.165) is 43.5 Å². The van der Waals surface area contributed by atoms with Crippen molar-refractivity contribution in [3.05, 3.63) is 29.8 Å². The van der Waals surface area contributed by atoms with Gasteiger partial charge in [-0.3, -0.25) is 4.79 Å². The number of rotatable bonds is 8. The number of unbranched alkanes of at least 4 members (excludes halogenated alkanes) is 1. The number of sulfonamides is 1. The Labute approximate surface area is 197 Å². The largest absolute Gasteiger partial charge is 0.453 e. The Kier molecular flexibility index (Phi) is 8.12. The minimum Gasteiger partial charge on any atom is -0.453 e. The van der Waals surface area contributed by atoms with Gasteiger partial charge in [-0.1, -0.05) is 19.8 Å². The van der Waals surface area contributed by atoms with Gasteiger partial charge in [-0.15, -0.1) is 0 Å². The maximum absolute atomic E-state index is 13.0. The van der Waals surface area contributed by atoms with Gasteiger partial charge < -0.3 is 15.4 Å². The number of halogens is 3. The number of alkyl halides is 3. The number of carbonyl (C=O) groups is 2. The molecule has 12 heteroatoms. The summed E-state index contributed by atoms with van der Waals surface area (Å²) < 4.78 is 70.4. The lowest BCUT2D eigenvalue weighted by Crippen LogP contribution is -2.51. The molecule has 2 N–H and O–H groups in total. The topological polar surface area (TPSA) is 105 Å². The third-order valence-corrected chi connectivity index (χ3v) is 8.46. The molecule has 190 valence electrons. The number of amides is 2. The summed E-state index contributed by atoms with van der Waals surface area (Å²) in [5, 5.41) is 5.51. The third-order valence-electron chi connectivity index (χ3n) is 6.61. The fourth-order valence-electron chi connectivity index (χ4n) is 4.73. The van der Waals surface area contributed by atoms with E-state index in [9.17, 15) is 31.2 Å². The normalized spacial score (nSPS) is 23.9. The van der Waals surface area contributed by atoms with Crippen molar-refractivity contribution in [1.29, 1.82) is 0 Å². The first kappa shape index (κ1) is 26.3. The molecule has 8 nitrogen and oxygen atoms in total. The molecule has 0 bridgehead atoms. The highest BCUT2D eigenvalue weighted by atomic mass is 32.2. The Morgan fingerprint density at radius 2 is 1.85 bits per heavy atom. The molecule has 2 fully saturated rings. The summed E-state index contributed by atoms with van der Waals surface area (Å²) >= 11 is 0. The monoisotopic (exact) mass is 505 g/mol. The average Bonchev–Trinajstić information content (AvgIpc) is 3.38. The van der Waals surface area contributed by atoms with Crippen LogP contribution in [0.1, 0.15) is 44.6 Å². The zero-order valence-corrected chi connectivity index (χ0v) is 19.9. The minimum absolute atomic E-state index is 0.0391. The highest BCUT2D eigenvalue weighted by Gasteiger charge is 2.47. The molecule has 3 rings (SSSR count). The predicted octanol–water partition coefficient (Wildman–Crippen LogP) is 3.14. The van der Waals surface area contributed by atoms with Crippen LogP contribution in [0.15, 0.2) is 29.2 Å². The summed E-state index contributed by atoms with van der Waals surface area (Å²) in [5.74, 6) is -0.413. The quantitative estimate of drug-likeness (QED) is 0.565. The van der Waals surface area contributed by atoms with Crippen molar-refractivity contribution in [2.75, 3.05) is 20.2 Å². The van der Waals surface area contributed by atoms with Gasteiger partial charge in [-0.2, -0.15) is 17.5 Å². The van der Waals surface area contributed by atoms with E-state index < -0.39 is 33.9 Å². The van der Waals surface area contributed by atoms with Crippen LogP contribution in [0.2, 0.25) is 0 Å². The van der Waals surface area contributed by atoms with E-state index >= 15 is 0 Å². The van der Waals surface area contributed by atoms with E-state index in [2.05, 4.69) is 15.4 Å². The van der Waals surface area contributed by atoms with Crippen LogP contribution in [0.4, 0.5) is 18.0 Å². The molecule has 1 aromatic carbocycles. The van der Waals surface area contributed by atoms with Gasteiger partial charge in [0.15, 0.2) is 0 Å². The van der Waals surface area contributed by atoms with Crippen molar-refractivity contribution < 1.29 is 35.9 Å². The first-order chi connectivity index (χ1) is 16.0. The molecule has 1 aliphatic carbocycles. The Hall–Kier alpha value is -2.34. The summed E-state index contributed by atoms with van der Waals surface area (Å²) in [6.07, 6.45) is -1.81. The number of hydrogen-bond donors (Lipinski definition) is 2. The van der Waals surface area contributed by atoms with Crippen LogP contribution in [0.3, 0.4) is 0 Å². The Morgan fingerprint density at radius 3 is 2.44 bits per heavy atom. The molecule has 2 amide bonds. The van der Waals surface area contributed by atoms with Crippen LogP contribution in [-0.2, 0) is 25.7 Å². The molecule has 34 heavy (non-hydrogen) atoms. The highest BCUT2D eigenvalue weighted by Crippen LogP contribution is 2.40. The van der Waals surface area contributed by atoms with Crippen LogP contribution in [0.5, 0.6) is 0 Å². The van der Waals surface area contributed by atoms with E-state index in [-0.39, 0.29) is 41.8 Å². The fourth-order valence-corrected chi connectivity index (χ4v) is 6.26. The van der Waals surface area contributed by atoms with Crippen LogP contribution >= 0.6 is 0 Å². The zero-order valence-electron chi connectivity index (χ0n) is 19.1. The molecule has 2 aliphatic rings. The number of nitrogens with one attached hydrogen (secondary N) is 2. The summed E-state index contributed by atoms with van der Waals surface area (Å²) in [6.45, 7) is 2.39. The van der Waals surface area contributed by atoms with Gasteiger partial charge in [-0.05, 0) is 55.4 Å². The molecule has 0 unspecified atom stereocenters. The van der Waals surface area contributed by atoms with Gasteiger partial charge >= 0.3 is 12.3 Å². The van der Waals surface area contributed by atoms with E-state index in [1.54, 1.807) is 0 Å². The lowest BCUT2D eigenvalue weighted by molar-refractivity contribution is -0.137. The summed E-state index contributed by atoms with van der Waals surface area (Å²) in [4.78, 5) is 24.3. The lowest BCUT2D eigenvalue weighted by Gasteiger charge is -2.25. The first-order valence-electron chi connectivity index (χ1n) is 11.3. The number of carbonyl (C=O) groups excluding carboxylic acids is 2. The molecule has 1 aliphatic heterocycles. The third kappa shape index (κ3) is 5.83. The fraction of sp³-hybridized carbons (Fsp3) is 0.636. The van der Waals surface area contributed by atoms with Crippen LogP contribution in [0.25, 0.3) is 0 Å². The van der Waals surface area contributed by atoms with E-state index in [1.165, 1.54) is 11.4 Å². The molecule has 0 aromatic heterocycles. The van der Waals surface area contributed by atoms with Crippen molar-refractivity contribution in [2.24, 2.45) is 11.8 Å². The molecule has 0 spiro atoms. The van der Waals surface area contributed by atoms with Crippen molar-refractivity contribution in [3.63, 3.8) is 0 Å². The second-order valence-electron chi connectivity index (χ2n) is 8.79. The van der Waals surface area contributed by atoms with Gasteiger partial charge in [-0.25, -0.2) is 13.2 Å². The first-order valence-corrected chi connectivity index (χ1v) is 12.7. The maximum Gasteiger partial charge on any atom is 0.416 e. The van der Waals surface area contributed by atoms with Gasteiger partial charge in [0.05, 0.1) is 17.6 Å². The maximum atomic E-state index is 13.0.